The molecule has 0 saturated carbocycles. The number of ketones is 1. The Morgan fingerprint density at radius 3 is 2.19 bits per heavy atom. The zero-order valence-electron chi connectivity index (χ0n) is 23.1. The number of benzene rings is 2. The van der Waals surface area contributed by atoms with Crippen LogP contribution in [0.5, 0.6) is 5.75 Å². The van der Waals surface area contributed by atoms with Crippen molar-refractivity contribution in [2.45, 2.75) is 78.4 Å². The third-order valence-electron chi connectivity index (χ3n) is 6.31. The van der Waals surface area contributed by atoms with E-state index >= 15 is 0 Å². The van der Waals surface area contributed by atoms with Crippen molar-refractivity contribution in [1.82, 2.24) is 15.5 Å². The van der Waals surface area contributed by atoms with E-state index in [4.69, 9.17) is 16.3 Å². The van der Waals surface area contributed by atoms with Crippen LogP contribution in [0.4, 0.5) is 0 Å². The normalized spacial score (nSPS) is 12.2. The molecule has 0 fully saturated rings. The fourth-order valence-electron chi connectivity index (χ4n) is 4.29. The minimum atomic E-state index is -0.605. The van der Waals surface area contributed by atoms with Crippen molar-refractivity contribution < 1.29 is 14.3 Å². The van der Waals surface area contributed by atoms with E-state index in [1.807, 2.05) is 24.3 Å². The molecule has 0 aliphatic rings. The Labute approximate surface area is 228 Å². The van der Waals surface area contributed by atoms with Gasteiger partial charge in [-0.25, -0.2) is 0 Å². The van der Waals surface area contributed by atoms with Gasteiger partial charge in [-0.15, -0.1) is 0 Å². The number of hydrogen-bond donors (Lipinski definition) is 2. The van der Waals surface area contributed by atoms with Gasteiger partial charge in [0.05, 0.1) is 6.04 Å². The molecule has 37 heavy (non-hydrogen) atoms. The van der Waals surface area contributed by atoms with E-state index in [2.05, 4.69) is 50.2 Å². The Bertz CT molecular complexity index is 938. The summed E-state index contributed by atoms with van der Waals surface area (Å²) >= 11 is 5.96. The van der Waals surface area contributed by atoms with Crippen LogP contribution in [0.2, 0.25) is 5.02 Å². The molecule has 0 bridgehead atoms. The van der Waals surface area contributed by atoms with Crippen LogP contribution >= 0.6 is 11.6 Å². The lowest BCUT2D eigenvalue weighted by Gasteiger charge is -2.30. The summed E-state index contributed by atoms with van der Waals surface area (Å²) in [5.74, 6) is 0.550. The van der Waals surface area contributed by atoms with Crippen molar-refractivity contribution in [3.05, 3.63) is 64.7 Å². The molecular formula is C30H44ClN3O3. The van der Waals surface area contributed by atoms with E-state index in [1.165, 1.54) is 0 Å². The zero-order valence-corrected chi connectivity index (χ0v) is 23.8. The first-order chi connectivity index (χ1) is 17.7. The van der Waals surface area contributed by atoms with E-state index < -0.39 is 6.04 Å². The van der Waals surface area contributed by atoms with Gasteiger partial charge >= 0.3 is 0 Å². The summed E-state index contributed by atoms with van der Waals surface area (Å²) in [4.78, 5) is 28.3. The van der Waals surface area contributed by atoms with Crippen LogP contribution in [0, 0.1) is 0 Å². The number of rotatable bonds is 17. The topological polar surface area (TPSA) is 70.7 Å². The minimum Gasteiger partial charge on any atom is -0.492 e. The average molecular weight is 530 g/mol. The van der Waals surface area contributed by atoms with E-state index in [1.54, 1.807) is 24.3 Å². The number of hydrogen-bond acceptors (Lipinski definition) is 5. The number of amides is 1. The van der Waals surface area contributed by atoms with Crippen molar-refractivity contribution >= 4 is 23.3 Å². The first-order valence-electron chi connectivity index (χ1n) is 13.5. The second-order valence-electron chi connectivity index (χ2n) is 9.97. The number of nitrogens with zero attached hydrogens (tertiary/aromatic N) is 1. The van der Waals surface area contributed by atoms with Gasteiger partial charge in [0.1, 0.15) is 12.4 Å². The lowest BCUT2D eigenvalue weighted by Crippen LogP contribution is -2.42. The number of Topliss-reactive ketones (excluding diaryl/α,β-unsaturated/α-hetero) is 1. The Hall–Kier alpha value is -2.41. The highest BCUT2D eigenvalue weighted by Gasteiger charge is 2.22. The van der Waals surface area contributed by atoms with E-state index in [0.29, 0.717) is 42.1 Å². The molecule has 0 radical (unpaired) electrons. The van der Waals surface area contributed by atoms with Gasteiger partial charge in [-0.1, -0.05) is 30.7 Å². The number of carbonyl (C=O) groups is 2. The fraction of sp³-hybridized carbons (Fsp3) is 0.533. The highest BCUT2D eigenvalue weighted by atomic mass is 35.5. The SMILES string of the molecule is CCCNCCCC(=O)C(Cc1ccc(OCCN(C(C)C)C(C)C)cc1)NC(=O)c1ccc(Cl)cc1. The van der Waals surface area contributed by atoms with Gasteiger partial charge in [-0.2, -0.15) is 0 Å². The largest absolute Gasteiger partial charge is 0.492 e. The maximum absolute atomic E-state index is 13.1. The molecule has 0 spiro atoms. The third-order valence-corrected chi connectivity index (χ3v) is 6.56. The van der Waals surface area contributed by atoms with E-state index in [9.17, 15) is 9.59 Å². The van der Waals surface area contributed by atoms with Crippen LogP contribution in [-0.4, -0.2) is 61.0 Å². The molecule has 2 rings (SSSR count). The predicted octanol–water partition coefficient (Wildman–Crippen LogP) is 5.53. The Balaban J connectivity index is 2.00. The maximum Gasteiger partial charge on any atom is 0.251 e. The van der Waals surface area contributed by atoms with E-state index in [0.717, 1.165) is 43.8 Å². The highest BCUT2D eigenvalue weighted by Crippen LogP contribution is 2.16. The quantitative estimate of drug-likeness (QED) is 0.264. The lowest BCUT2D eigenvalue weighted by atomic mass is 9.99. The van der Waals surface area contributed by atoms with Gasteiger partial charge < -0.3 is 15.4 Å². The number of halogens is 1. The van der Waals surface area contributed by atoms with Crippen LogP contribution in [0.3, 0.4) is 0 Å². The Morgan fingerprint density at radius 1 is 0.946 bits per heavy atom. The fourth-order valence-corrected chi connectivity index (χ4v) is 4.42. The molecule has 2 aromatic rings. The number of nitrogens with one attached hydrogen (secondary N) is 2. The molecule has 0 saturated heterocycles. The molecule has 2 N–H and O–H groups in total. The van der Waals surface area contributed by atoms with Crippen molar-refractivity contribution in [2.24, 2.45) is 0 Å². The van der Waals surface area contributed by atoms with Gasteiger partial charge in [-0.05, 0) is 102 Å². The molecule has 1 unspecified atom stereocenters. The summed E-state index contributed by atoms with van der Waals surface area (Å²) < 4.78 is 5.97. The zero-order chi connectivity index (χ0) is 27.2. The predicted molar refractivity (Wildman–Crippen MR) is 153 cm³/mol. The first kappa shape index (κ1) is 30.8. The number of carbonyl (C=O) groups excluding carboxylic acids is 2. The molecule has 0 aromatic heterocycles. The van der Waals surface area contributed by atoms with Crippen molar-refractivity contribution in [3.63, 3.8) is 0 Å². The molecule has 2 aromatic carbocycles. The van der Waals surface area contributed by atoms with Gasteiger partial charge in [0.15, 0.2) is 5.78 Å². The van der Waals surface area contributed by atoms with Crippen LogP contribution in [0.15, 0.2) is 48.5 Å². The summed E-state index contributed by atoms with van der Waals surface area (Å²) in [6.07, 6.45) is 2.63. The summed E-state index contributed by atoms with van der Waals surface area (Å²) in [7, 11) is 0. The van der Waals surface area contributed by atoms with Crippen LogP contribution in [0.25, 0.3) is 0 Å². The van der Waals surface area contributed by atoms with Gasteiger partial charge in [-0.3, -0.25) is 14.5 Å². The summed E-state index contributed by atoms with van der Waals surface area (Å²) in [5, 5.41) is 6.83. The third kappa shape index (κ3) is 11.2. The van der Waals surface area contributed by atoms with Gasteiger partial charge in [0, 0.05) is 35.6 Å². The molecule has 0 aliphatic heterocycles. The van der Waals surface area contributed by atoms with Gasteiger partial charge in [0.2, 0.25) is 0 Å². The second kappa shape index (κ2) is 16.4. The molecule has 1 amide bonds. The standard InChI is InChI=1S/C30H44ClN3O3/c1-6-17-32-18-7-8-29(35)28(33-30(36)25-11-13-26(31)14-12-25)21-24-9-15-27(16-10-24)37-20-19-34(22(2)3)23(4)5/h9-16,22-23,28,32H,6-8,17-21H2,1-5H3,(H,33,36). The molecular weight excluding hydrogens is 486 g/mol. The number of ether oxygens (including phenoxy) is 1. The molecule has 7 heteroatoms. The lowest BCUT2D eigenvalue weighted by molar-refractivity contribution is -0.121. The minimum absolute atomic E-state index is 0.0309. The molecule has 6 nitrogen and oxygen atoms in total. The monoisotopic (exact) mass is 529 g/mol. The van der Waals surface area contributed by atoms with Crippen molar-refractivity contribution in [3.8, 4) is 5.75 Å². The smallest absolute Gasteiger partial charge is 0.251 e. The maximum atomic E-state index is 13.1. The van der Waals surface area contributed by atoms with Crippen LogP contribution < -0.4 is 15.4 Å². The van der Waals surface area contributed by atoms with Crippen molar-refractivity contribution in [1.29, 1.82) is 0 Å². The molecule has 0 aliphatic carbocycles. The second-order valence-corrected chi connectivity index (χ2v) is 10.4. The summed E-state index contributed by atoms with van der Waals surface area (Å²) in [5.41, 5.74) is 1.45. The summed E-state index contributed by atoms with van der Waals surface area (Å²) in [6, 6.07) is 14.8. The average Bonchev–Trinajstić information content (AvgIpc) is 2.86. The van der Waals surface area contributed by atoms with E-state index in [-0.39, 0.29) is 11.7 Å². The molecule has 1 atom stereocenters. The van der Waals surface area contributed by atoms with Gasteiger partial charge in [0.25, 0.3) is 5.91 Å². The highest BCUT2D eigenvalue weighted by molar-refractivity contribution is 6.30. The molecule has 0 heterocycles. The van der Waals surface area contributed by atoms with Crippen LogP contribution in [0.1, 0.15) is 69.8 Å². The molecule has 204 valence electrons. The Kier molecular flexibility index (Phi) is 13.7. The first-order valence-corrected chi connectivity index (χ1v) is 13.9. The van der Waals surface area contributed by atoms with Crippen molar-refractivity contribution in [2.75, 3.05) is 26.2 Å². The van der Waals surface area contributed by atoms with Crippen LogP contribution in [-0.2, 0) is 11.2 Å². The Morgan fingerprint density at radius 2 is 1.59 bits per heavy atom. The summed E-state index contributed by atoms with van der Waals surface area (Å²) in [6.45, 7) is 14.1.